The molecule has 1 aliphatic carbocycles. The van der Waals surface area contributed by atoms with E-state index < -0.39 is 0 Å². The van der Waals surface area contributed by atoms with E-state index in [9.17, 15) is 0 Å². The van der Waals surface area contributed by atoms with Gasteiger partial charge < -0.3 is 11.1 Å². The molecule has 1 saturated carbocycles. The molecule has 2 aliphatic rings. The van der Waals surface area contributed by atoms with E-state index in [4.69, 9.17) is 5.73 Å². The molecule has 0 radical (unpaired) electrons. The second-order valence-electron chi connectivity index (χ2n) is 6.93. The molecule has 0 spiro atoms. The van der Waals surface area contributed by atoms with Crippen molar-refractivity contribution in [1.82, 2.24) is 10.2 Å². The van der Waals surface area contributed by atoms with Crippen molar-refractivity contribution < 1.29 is 0 Å². The molecule has 116 valence electrons. The Morgan fingerprint density at radius 2 is 1.95 bits per heavy atom. The second-order valence-corrected chi connectivity index (χ2v) is 6.93. The molecule has 3 N–H and O–H groups in total. The maximum atomic E-state index is 6.00. The number of nitrogens with two attached hydrogens (primary N) is 1. The number of hydrogen-bond donors (Lipinski definition) is 2. The van der Waals surface area contributed by atoms with E-state index in [1.165, 1.54) is 51.6 Å². The Morgan fingerprint density at radius 1 is 1.25 bits per heavy atom. The summed E-state index contributed by atoms with van der Waals surface area (Å²) in [5, 5.41) is 3.29. The van der Waals surface area contributed by atoms with Gasteiger partial charge in [-0.2, -0.15) is 0 Å². The van der Waals surface area contributed by atoms with Crippen LogP contribution in [0.3, 0.4) is 0 Å². The highest BCUT2D eigenvalue weighted by molar-refractivity contribution is 5.77. The first kappa shape index (κ1) is 15.6. The lowest BCUT2D eigenvalue weighted by Gasteiger charge is -2.28. The third kappa shape index (κ3) is 4.97. The third-order valence-electron chi connectivity index (χ3n) is 4.67. The van der Waals surface area contributed by atoms with E-state index in [1.807, 2.05) is 0 Å². The van der Waals surface area contributed by atoms with Crippen molar-refractivity contribution in [3.63, 3.8) is 0 Å². The summed E-state index contributed by atoms with van der Waals surface area (Å²) in [6, 6.07) is 0.571. The molecule has 1 unspecified atom stereocenters. The fourth-order valence-corrected chi connectivity index (χ4v) is 3.20. The number of likely N-dealkylation sites (tertiary alicyclic amines) is 1. The molecule has 4 nitrogen and oxygen atoms in total. The fraction of sp³-hybridized carbons (Fsp3) is 0.938. The van der Waals surface area contributed by atoms with E-state index in [-0.39, 0.29) is 0 Å². The minimum atomic E-state index is 0.571. The minimum Gasteiger partial charge on any atom is -0.370 e. The van der Waals surface area contributed by atoms with Crippen LogP contribution in [0.25, 0.3) is 0 Å². The van der Waals surface area contributed by atoms with Crippen molar-refractivity contribution in [1.29, 1.82) is 0 Å². The Hall–Kier alpha value is -0.770. The van der Waals surface area contributed by atoms with Crippen LogP contribution in [-0.2, 0) is 0 Å². The first-order valence-corrected chi connectivity index (χ1v) is 8.43. The Morgan fingerprint density at radius 3 is 2.50 bits per heavy atom. The summed E-state index contributed by atoms with van der Waals surface area (Å²) in [5.41, 5.74) is 6.00. The zero-order valence-corrected chi connectivity index (χ0v) is 13.3. The molecule has 0 aromatic heterocycles. The van der Waals surface area contributed by atoms with Crippen molar-refractivity contribution in [3.05, 3.63) is 0 Å². The van der Waals surface area contributed by atoms with E-state index >= 15 is 0 Å². The first-order valence-electron chi connectivity index (χ1n) is 8.43. The number of hydrogen-bond acceptors (Lipinski definition) is 2. The average Bonchev–Trinajstić information content (AvgIpc) is 2.85. The average molecular weight is 280 g/mol. The fourth-order valence-electron chi connectivity index (χ4n) is 3.20. The van der Waals surface area contributed by atoms with Crippen LogP contribution in [0.15, 0.2) is 4.99 Å². The SMILES string of the molecule is CC(C)CC(CN=C(N)NCC1CCC1)N1CCCC1. The maximum Gasteiger partial charge on any atom is 0.188 e. The number of rotatable bonds is 7. The topological polar surface area (TPSA) is 53.6 Å². The van der Waals surface area contributed by atoms with Gasteiger partial charge in [-0.3, -0.25) is 9.89 Å². The number of nitrogens with zero attached hydrogens (tertiary/aromatic N) is 2. The molecular weight excluding hydrogens is 248 g/mol. The summed E-state index contributed by atoms with van der Waals surface area (Å²) in [6.07, 6.45) is 7.99. The molecule has 1 heterocycles. The van der Waals surface area contributed by atoms with Gasteiger partial charge in [0.2, 0.25) is 0 Å². The van der Waals surface area contributed by atoms with Gasteiger partial charge in [-0.05, 0) is 57.0 Å². The lowest BCUT2D eigenvalue weighted by Crippen LogP contribution is -2.40. The molecule has 0 amide bonds. The third-order valence-corrected chi connectivity index (χ3v) is 4.67. The second kappa shape index (κ2) is 7.87. The summed E-state index contributed by atoms with van der Waals surface area (Å²) >= 11 is 0. The highest BCUT2D eigenvalue weighted by Gasteiger charge is 2.22. The van der Waals surface area contributed by atoms with E-state index in [2.05, 4.69) is 29.1 Å². The smallest absolute Gasteiger partial charge is 0.188 e. The number of aliphatic imine (C=N–C) groups is 1. The highest BCUT2D eigenvalue weighted by Crippen LogP contribution is 2.25. The molecule has 1 atom stereocenters. The molecule has 0 aromatic carbocycles. The lowest BCUT2D eigenvalue weighted by molar-refractivity contribution is 0.218. The van der Waals surface area contributed by atoms with Crippen molar-refractivity contribution in [2.75, 3.05) is 26.2 Å². The van der Waals surface area contributed by atoms with Gasteiger partial charge in [-0.15, -0.1) is 0 Å². The van der Waals surface area contributed by atoms with Gasteiger partial charge in [-0.25, -0.2) is 0 Å². The Bertz CT molecular complexity index is 304. The predicted octanol–water partition coefficient (Wildman–Crippen LogP) is 2.20. The van der Waals surface area contributed by atoms with Gasteiger partial charge in [0.1, 0.15) is 0 Å². The zero-order valence-electron chi connectivity index (χ0n) is 13.3. The van der Waals surface area contributed by atoms with Crippen molar-refractivity contribution >= 4 is 5.96 Å². The van der Waals surface area contributed by atoms with E-state index in [0.29, 0.717) is 12.0 Å². The largest absolute Gasteiger partial charge is 0.370 e. The van der Waals surface area contributed by atoms with Gasteiger partial charge in [0.15, 0.2) is 5.96 Å². The highest BCUT2D eigenvalue weighted by atomic mass is 15.2. The lowest BCUT2D eigenvalue weighted by atomic mass is 9.85. The molecule has 20 heavy (non-hydrogen) atoms. The van der Waals surface area contributed by atoms with Gasteiger partial charge in [0, 0.05) is 12.6 Å². The van der Waals surface area contributed by atoms with Gasteiger partial charge >= 0.3 is 0 Å². The Labute approximate surface area is 124 Å². The predicted molar refractivity (Wildman–Crippen MR) is 85.9 cm³/mol. The van der Waals surface area contributed by atoms with Crippen molar-refractivity contribution in [2.45, 2.75) is 58.4 Å². The van der Waals surface area contributed by atoms with Crippen molar-refractivity contribution in [2.24, 2.45) is 22.6 Å². The summed E-state index contributed by atoms with van der Waals surface area (Å²) in [5.74, 6) is 2.19. The number of nitrogens with one attached hydrogen (secondary N) is 1. The van der Waals surface area contributed by atoms with Crippen LogP contribution in [0.4, 0.5) is 0 Å². The van der Waals surface area contributed by atoms with Crippen LogP contribution in [0.2, 0.25) is 0 Å². The van der Waals surface area contributed by atoms with Crippen LogP contribution in [-0.4, -0.2) is 43.1 Å². The summed E-state index contributed by atoms with van der Waals surface area (Å²) < 4.78 is 0. The normalized spacial score (nSPS) is 23.1. The standard InChI is InChI=1S/C16H32N4/c1-13(2)10-15(20-8-3-4-9-20)12-19-16(17)18-11-14-6-5-7-14/h13-15H,3-12H2,1-2H3,(H3,17,18,19). The summed E-state index contributed by atoms with van der Waals surface area (Å²) in [6.45, 7) is 8.93. The van der Waals surface area contributed by atoms with E-state index in [0.717, 1.165) is 24.9 Å². The molecular formula is C16H32N4. The van der Waals surface area contributed by atoms with Crippen LogP contribution in [0, 0.1) is 11.8 Å². The molecule has 2 fully saturated rings. The molecule has 1 aliphatic heterocycles. The summed E-state index contributed by atoms with van der Waals surface area (Å²) in [7, 11) is 0. The van der Waals surface area contributed by atoms with Gasteiger partial charge in [-0.1, -0.05) is 20.3 Å². The van der Waals surface area contributed by atoms with Crippen LogP contribution >= 0.6 is 0 Å². The molecule has 0 bridgehead atoms. The quantitative estimate of drug-likeness (QED) is 0.555. The summed E-state index contributed by atoms with van der Waals surface area (Å²) in [4.78, 5) is 7.19. The van der Waals surface area contributed by atoms with Crippen LogP contribution in [0.5, 0.6) is 0 Å². The van der Waals surface area contributed by atoms with E-state index in [1.54, 1.807) is 0 Å². The molecule has 0 aromatic rings. The van der Waals surface area contributed by atoms with Crippen LogP contribution < -0.4 is 11.1 Å². The Kier molecular flexibility index (Phi) is 6.14. The Balaban J connectivity index is 1.76. The molecule has 2 rings (SSSR count). The van der Waals surface area contributed by atoms with Gasteiger partial charge in [0.25, 0.3) is 0 Å². The number of guanidine groups is 1. The first-order chi connectivity index (χ1) is 9.65. The van der Waals surface area contributed by atoms with Crippen molar-refractivity contribution in [3.8, 4) is 0 Å². The van der Waals surface area contributed by atoms with Gasteiger partial charge in [0.05, 0.1) is 6.54 Å². The van der Waals surface area contributed by atoms with Crippen LogP contribution in [0.1, 0.15) is 52.4 Å². The molecule has 1 saturated heterocycles. The minimum absolute atomic E-state index is 0.571. The zero-order chi connectivity index (χ0) is 14.4. The maximum absolute atomic E-state index is 6.00. The molecule has 4 heteroatoms. The monoisotopic (exact) mass is 280 g/mol.